The second-order valence-corrected chi connectivity index (χ2v) is 6.93. The highest BCUT2D eigenvalue weighted by atomic mass is 16.5. The third-order valence-electron chi connectivity index (χ3n) is 5.36. The van der Waals surface area contributed by atoms with E-state index < -0.39 is 0 Å². The summed E-state index contributed by atoms with van der Waals surface area (Å²) in [5.41, 5.74) is 8.11. The van der Waals surface area contributed by atoms with E-state index in [4.69, 9.17) is 10.5 Å². The molecule has 1 amide bonds. The number of hydrogen-bond acceptors (Lipinski definition) is 5. The first-order valence-electron chi connectivity index (χ1n) is 9.14. The molecule has 1 saturated heterocycles. The van der Waals surface area contributed by atoms with Crippen molar-refractivity contribution in [1.29, 1.82) is 0 Å². The summed E-state index contributed by atoms with van der Waals surface area (Å²) >= 11 is 0. The zero-order chi connectivity index (χ0) is 19.0. The number of methoxy groups -OCH3 is 1. The van der Waals surface area contributed by atoms with Gasteiger partial charge in [0.15, 0.2) is 0 Å². The maximum atomic E-state index is 13.1. The van der Waals surface area contributed by atoms with Crippen molar-refractivity contribution in [3.8, 4) is 5.75 Å². The van der Waals surface area contributed by atoms with Crippen LogP contribution < -0.4 is 10.5 Å². The molecule has 0 bridgehead atoms. The van der Waals surface area contributed by atoms with E-state index in [9.17, 15) is 4.79 Å². The SMILES string of the molecule is COc1ccc2c(c1)cc(C(=O)N1CCC(n3cc(CN)nn3)CC1)n2C. The van der Waals surface area contributed by atoms with Gasteiger partial charge in [0.1, 0.15) is 11.4 Å². The Morgan fingerprint density at radius 1 is 1.30 bits per heavy atom. The first-order valence-corrected chi connectivity index (χ1v) is 9.14. The van der Waals surface area contributed by atoms with E-state index in [1.165, 1.54) is 0 Å². The molecule has 4 rings (SSSR count). The van der Waals surface area contributed by atoms with Gasteiger partial charge in [0.05, 0.1) is 25.0 Å². The van der Waals surface area contributed by atoms with Gasteiger partial charge in [-0.1, -0.05) is 5.21 Å². The number of rotatable bonds is 4. The second kappa shape index (κ2) is 7.03. The zero-order valence-corrected chi connectivity index (χ0v) is 15.6. The summed E-state index contributed by atoms with van der Waals surface area (Å²) in [5, 5.41) is 9.23. The summed E-state index contributed by atoms with van der Waals surface area (Å²) in [6.45, 7) is 1.79. The second-order valence-electron chi connectivity index (χ2n) is 6.93. The fourth-order valence-corrected chi connectivity index (χ4v) is 3.74. The number of fused-ring (bicyclic) bond motifs is 1. The molecule has 2 aromatic heterocycles. The largest absolute Gasteiger partial charge is 0.497 e. The van der Waals surface area contributed by atoms with Crippen molar-refractivity contribution in [3.05, 3.63) is 41.9 Å². The number of benzene rings is 1. The van der Waals surface area contributed by atoms with Crippen molar-refractivity contribution in [2.24, 2.45) is 12.8 Å². The van der Waals surface area contributed by atoms with Crippen LogP contribution in [0, 0.1) is 0 Å². The number of aromatic nitrogens is 4. The molecule has 1 aromatic carbocycles. The molecule has 3 aromatic rings. The maximum Gasteiger partial charge on any atom is 0.270 e. The highest BCUT2D eigenvalue weighted by Crippen LogP contribution is 2.27. The quantitative estimate of drug-likeness (QED) is 0.757. The first-order chi connectivity index (χ1) is 13.1. The Balaban J connectivity index is 1.49. The van der Waals surface area contributed by atoms with Crippen molar-refractivity contribution in [1.82, 2.24) is 24.5 Å². The predicted molar refractivity (Wildman–Crippen MR) is 102 cm³/mol. The van der Waals surface area contributed by atoms with Crippen LogP contribution in [0.3, 0.4) is 0 Å². The molecule has 0 spiro atoms. The molecular formula is C19H24N6O2. The summed E-state index contributed by atoms with van der Waals surface area (Å²) in [5.74, 6) is 0.852. The van der Waals surface area contributed by atoms with Gasteiger partial charge in [0.25, 0.3) is 5.91 Å². The molecule has 27 heavy (non-hydrogen) atoms. The molecule has 0 unspecified atom stereocenters. The first kappa shape index (κ1) is 17.5. The number of ether oxygens (including phenoxy) is 1. The summed E-state index contributed by atoms with van der Waals surface area (Å²) in [6, 6.07) is 8.06. The Morgan fingerprint density at radius 3 is 2.74 bits per heavy atom. The van der Waals surface area contributed by atoms with Crippen LogP contribution in [0.5, 0.6) is 5.75 Å². The molecule has 142 valence electrons. The molecule has 1 aliphatic heterocycles. The van der Waals surface area contributed by atoms with E-state index in [-0.39, 0.29) is 11.9 Å². The number of carbonyl (C=O) groups excluding carboxylic acids is 1. The smallest absolute Gasteiger partial charge is 0.270 e. The molecule has 8 nitrogen and oxygen atoms in total. The van der Waals surface area contributed by atoms with Gasteiger partial charge in [-0.15, -0.1) is 5.10 Å². The fourth-order valence-electron chi connectivity index (χ4n) is 3.74. The summed E-state index contributed by atoms with van der Waals surface area (Å²) in [7, 11) is 3.57. The van der Waals surface area contributed by atoms with Gasteiger partial charge in [-0.05, 0) is 37.1 Å². The van der Waals surface area contributed by atoms with Crippen molar-refractivity contribution >= 4 is 16.8 Å². The number of piperidine rings is 1. The Labute approximate surface area is 157 Å². The Bertz CT molecular complexity index is 968. The number of nitrogens with two attached hydrogens (primary N) is 1. The number of aryl methyl sites for hydroxylation is 1. The lowest BCUT2D eigenvalue weighted by Gasteiger charge is -2.31. The number of amides is 1. The van der Waals surface area contributed by atoms with Gasteiger partial charge in [-0.3, -0.25) is 4.79 Å². The number of hydrogen-bond donors (Lipinski definition) is 1. The van der Waals surface area contributed by atoms with E-state index in [0.717, 1.165) is 35.2 Å². The Kier molecular flexibility index (Phi) is 4.57. The lowest BCUT2D eigenvalue weighted by Crippen LogP contribution is -2.39. The normalized spacial score (nSPS) is 15.4. The topological polar surface area (TPSA) is 91.2 Å². The van der Waals surface area contributed by atoms with Gasteiger partial charge in [0.2, 0.25) is 0 Å². The molecule has 0 saturated carbocycles. The van der Waals surface area contributed by atoms with E-state index in [1.54, 1.807) is 7.11 Å². The lowest BCUT2D eigenvalue weighted by molar-refractivity contribution is 0.0680. The van der Waals surface area contributed by atoms with E-state index in [2.05, 4.69) is 10.3 Å². The van der Waals surface area contributed by atoms with Crippen LogP contribution in [-0.2, 0) is 13.6 Å². The van der Waals surface area contributed by atoms with E-state index >= 15 is 0 Å². The van der Waals surface area contributed by atoms with Crippen LogP contribution in [0.25, 0.3) is 10.9 Å². The lowest BCUT2D eigenvalue weighted by atomic mass is 10.0. The Morgan fingerprint density at radius 2 is 2.07 bits per heavy atom. The standard InChI is InChI=1S/C19H24N6O2/c1-23-17-4-3-16(27-2)9-13(17)10-18(23)19(26)24-7-5-15(6-8-24)25-12-14(11-20)21-22-25/h3-4,9-10,12,15H,5-8,11,20H2,1-2H3. The van der Waals surface area contributed by atoms with Crippen LogP contribution in [0.4, 0.5) is 0 Å². The summed E-state index contributed by atoms with van der Waals surface area (Å²) in [6.07, 6.45) is 3.62. The molecule has 1 aliphatic rings. The average Bonchev–Trinajstić information content (AvgIpc) is 3.32. The maximum absolute atomic E-state index is 13.1. The van der Waals surface area contributed by atoms with Crippen molar-refractivity contribution in [2.45, 2.75) is 25.4 Å². The van der Waals surface area contributed by atoms with Gasteiger partial charge >= 0.3 is 0 Å². The number of likely N-dealkylation sites (tertiary alicyclic amines) is 1. The molecular weight excluding hydrogens is 344 g/mol. The summed E-state index contributed by atoms with van der Waals surface area (Å²) in [4.78, 5) is 15.0. The van der Waals surface area contributed by atoms with Crippen LogP contribution in [0.1, 0.15) is 35.1 Å². The molecule has 0 atom stereocenters. The highest BCUT2D eigenvalue weighted by molar-refractivity contribution is 5.99. The van der Waals surface area contributed by atoms with Crippen LogP contribution in [-0.4, -0.2) is 50.6 Å². The third-order valence-corrected chi connectivity index (χ3v) is 5.36. The predicted octanol–water partition coefficient (Wildman–Crippen LogP) is 1.71. The van der Waals surface area contributed by atoms with E-state index in [1.807, 2.05) is 51.7 Å². The highest BCUT2D eigenvalue weighted by Gasteiger charge is 2.27. The minimum atomic E-state index is 0.0624. The number of nitrogens with zero attached hydrogens (tertiary/aromatic N) is 5. The average molecular weight is 368 g/mol. The minimum absolute atomic E-state index is 0.0624. The van der Waals surface area contributed by atoms with Crippen LogP contribution in [0.15, 0.2) is 30.5 Å². The molecule has 1 fully saturated rings. The molecule has 8 heteroatoms. The minimum Gasteiger partial charge on any atom is -0.497 e. The third kappa shape index (κ3) is 3.16. The van der Waals surface area contributed by atoms with E-state index in [0.29, 0.717) is 25.3 Å². The van der Waals surface area contributed by atoms with Crippen molar-refractivity contribution < 1.29 is 9.53 Å². The van der Waals surface area contributed by atoms with Crippen molar-refractivity contribution in [2.75, 3.05) is 20.2 Å². The molecule has 0 radical (unpaired) electrons. The zero-order valence-electron chi connectivity index (χ0n) is 15.6. The molecule has 3 heterocycles. The van der Waals surface area contributed by atoms with Crippen molar-refractivity contribution in [3.63, 3.8) is 0 Å². The van der Waals surface area contributed by atoms with Gasteiger partial charge in [-0.25, -0.2) is 4.68 Å². The monoisotopic (exact) mass is 368 g/mol. The van der Waals surface area contributed by atoms with Gasteiger partial charge < -0.3 is 19.9 Å². The molecule has 2 N–H and O–H groups in total. The van der Waals surface area contributed by atoms with Crippen LogP contribution in [0.2, 0.25) is 0 Å². The fraction of sp³-hybridized carbons (Fsp3) is 0.421. The number of carbonyl (C=O) groups is 1. The Hall–Kier alpha value is -2.87. The van der Waals surface area contributed by atoms with Gasteiger partial charge in [0, 0.05) is 37.6 Å². The van der Waals surface area contributed by atoms with Crippen LogP contribution >= 0.6 is 0 Å². The molecule has 0 aliphatic carbocycles. The van der Waals surface area contributed by atoms with Gasteiger partial charge in [-0.2, -0.15) is 0 Å². The summed E-state index contributed by atoms with van der Waals surface area (Å²) < 4.78 is 9.12.